The lowest BCUT2D eigenvalue weighted by Crippen LogP contribution is -2.49. The molecule has 2 amide bonds. The summed E-state index contributed by atoms with van der Waals surface area (Å²) in [4.78, 5) is 30.7. The van der Waals surface area contributed by atoms with Gasteiger partial charge in [0.1, 0.15) is 6.61 Å². The number of aromatic nitrogens is 2. The van der Waals surface area contributed by atoms with Crippen molar-refractivity contribution >= 4 is 28.7 Å². The molecule has 2 saturated heterocycles. The van der Waals surface area contributed by atoms with Gasteiger partial charge in [0.2, 0.25) is 5.91 Å². The van der Waals surface area contributed by atoms with E-state index >= 15 is 0 Å². The van der Waals surface area contributed by atoms with Gasteiger partial charge in [0.05, 0.1) is 5.52 Å². The fourth-order valence-electron chi connectivity index (χ4n) is 5.40. The molecule has 0 spiro atoms. The topological polar surface area (TPSA) is 96.9 Å². The van der Waals surface area contributed by atoms with Crippen molar-refractivity contribution in [1.82, 2.24) is 19.6 Å². The molecule has 9 heteroatoms. The summed E-state index contributed by atoms with van der Waals surface area (Å²) in [5.74, 6) is 1.20. The fourth-order valence-corrected chi connectivity index (χ4v) is 5.40. The molecule has 0 bridgehead atoms. The zero-order chi connectivity index (χ0) is 25.8. The van der Waals surface area contributed by atoms with Gasteiger partial charge in [-0.05, 0) is 55.5 Å². The molecular formula is C28H36N6O3. The number of hydrogen-bond acceptors (Lipinski definition) is 6. The maximum atomic E-state index is 12.4. The van der Waals surface area contributed by atoms with Gasteiger partial charge in [0.15, 0.2) is 5.82 Å². The highest BCUT2D eigenvalue weighted by molar-refractivity contribution is 6.00. The molecule has 0 atom stereocenters. The Hall–Kier alpha value is -3.59. The quantitative estimate of drug-likeness (QED) is 0.531. The number of nitrogens with two attached hydrogens (primary N) is 1. The molecule has 0 unspecified atom stereocenters. The maximum Gasteiger partial charge on any atom is 0.410 e. The zero-order valence-corrected chi connectivity index (χ0v) is 21.5. The summed E-state index contributed by atoms with van der Waals surface area (Å²) >= 11 is 0. The van der Waals surface area contributed by atoms with E-state index in [0.717, 1.165) is 67.8 Å². The number of benzene rings is 2. The number of hydrogen-bond donors (Lipinski definition) is 1. The molecule has 3 heterocycles. The number of rotatable bonds is 7. The first-order chi connectivity index (χ1) is 18.0. The van der Waals surface area contributed by atoms with Crippen LogP contribution in [0, 0.1) is 5.92 Å². The Bertz CT molecular complexity index is 1230. The summed E-state index contributed by atoms with van der Waals surface area (Å²) in [6, 6.07) is 15.3. The average Bonchev–Trinajstić information content (AvgIpc) is 3.27. The number of aryl methyl sites for hydroxylation is 1. The molecule has 0 saturated carbocycles. The number of ether oxygens (including phenoxy) is 1. The van der Waals surface area contributed by atoms with Crippen molar-refractivity contribution in [3.8, 4) is 0 Å². The Kier molecular flexibility index (Phi) is 7.60. The normalized spacial score (nSPS) is 17.3. The molecule has 3 aromatic rings. The summed E-state index contributed by atoms with van der Waals surface area (Å²) in [6.45, 7) is 6.50. The van der Waals surface area contributed by atoms with E-state index in [9.17, 15) is 9.59 Å². The first kappa shape index (κ1) is 25.1. The van der Waals surface area contributed by atoms with Crippen LogP contribution in [0.3, 0.4) is 0 Å². The third-order valence-corrected chi connectivity index (χ3v) is 7.72. The van der Waals surface area contributed by atoms with Crippen molar-refractivity contribution in [2.75, 3.05) is 50.7 Å². The zero-order valence-electron chi connectivity index (χ0n) is 21.5. The maximum absolute atomic E-state index is 12.4. The highest BCUT2D eigenvalue weighted by Gasteiger charge is 2.26. The standard InChI is InChI=1S/C28H36N6O3/c1-31-25-8-7-23(26(29)35)19-24(25)27(30-31)33-13-10-21(11-14-33)9-12-32-15-17-34(18-16-32)28(36)37-20-22-5-3-2-4-6-22/h2-8,19,21H,9-18,20H2,1H3,(H2,29,35). The number of anilines is 1. The minimum atomic E-state index is -0.416. The number of piperazine rings is 1. The van der Waals surface area contributed by atoms with E-state index in [-0.39, 0.29) is 6.09 Å². The van der Waals surface area contributed by atoms with Crippen molar-refractivity contribution < 1.29 is 14.3 Å². The lowest BCUT2D eigenvalue weighted by atomic mass is 9.93. The van der Waals surface area contributed by atoms with Crippen LogP contribution in [0.25, 0.3) is 10.9 Å². The van der Waals surface area contributed by atoms with E-state index in [4.69, 9.17) is 15.6 Å². The molecule has 1 aromatic heterocycles. The highest BCUT2D eigenvalue weighted by atomic mass is 16.6. The number of amides is 2. The van der Waals surface area contributed by atoms with Crippen LogP contribution in [-0.4, -0.2) is 77.4 Å². The number of primary amides is 1. The molecule has 2 aliphatic rings. The van der Waals surface area contributed by atoms with Crippen LogP contribution in [-0.2, 0) is 18.4 Å². The van der Waals surface area contributed by atoms with Crippen molar-refractivity contribution in [3.63, 3.8) is 0 Å². The van der Waals surface area contributed by atoms with Gasteiger partial charge < -0.3 is 20.3 Å². The number of carbonyl (C=O) groups is 2. The van der Waals surface area contributed by atoms with E-state index in [1.54, 1.807) is 6.07 Å². The second kappa shape index (κ2) is 11.2. The number of fused-ring (bicyclic) bond motifs is 1. The summed E-state index contributed by atoms with van der Waals surface area (Å²) < 4.78 is 7.36. The predicted molar refractivity (Wildman–Crippen MR) is 143 cm³/mol. The Balaban J connectivity index is 1.05. The first-order valence-electron chi connectivity index (χ1n) is 13.2. The molecule has 37 heavy (non-hydrogen) atoms. The van der Waals surface area contributed by atoms with Gasteiger partial charge in [0.25, 0.3) is 0 Å². The Labute approximate surface area is 217 Å². The highest BCUT2D eigenvalue weighted by Crippen LogP contribution is 2.31. The lowest BCUT2D eigenvalue weighted by Gasteiger charge is -2.36. The van der Waals surface area contributed by atoms with Crippen molar-refractivity contribution in [2.24, 2.45) is 18.7 Å². The third kappa shape index (κ3) is 5.88. The average molecular weight is 505 g/mol. The van der Waals surface area contributed by atoms with Crippen molar-refractivity contribution in [3.05, 3.63) is 59.7 Å². The molecular weight excluding hydrogens is 468 g/mol. The third-order valence-electron chi connectivity index (χ3n) is 7.72. The van der Waals surface area contributed by atoms with Gasteiger partial charge >= 0.3 is 6.09 Å². The van der Waals surface area contributed by atoms with E-state index in [2.05, 4.69) is 9.80 Å². The summed E-state index contributed by atoms with van der Waals surface area (Å²) in [7, 11) is 1.94. The molecule has 9 nitrogen and oxygen atoms in total. The van der Waals surface area contributed by atoms with Gasteiger partial charge in [0, 0.05) is 57.3 Å². The molecule has 196 valence electrons. The largest absolute Gasteiger partial charge is 0.445 e. The summed E-state index contributed by atoms with van der Waals surface area (Å²) in [5.41, 5.74) is 8.03. The lowest BCUT2D eigenvalue weighted by molar-refractivity contribution is 0.0700. The number of piperidine rings is 1. The van der Waals surface area contributed by atoms with Crippen molar-refractivity contribution in [2.45, 2.75) is 25.9 Å². The van der Waals surface area contributed by atoms with Gasteiger partial charge in [-0.1, -0.05) is 30.3 Å². The van der Waals surface area contributed by atoms with Gasteiger partial charge in [-0.15, -0.1) is 0 Å². The second-order valence-corrected chi connectivity index (χ2v) is 10.1. The summed E-state index contributed by atoms with van der Waals surface area (Å²) in [5, 5.41) is 5.73. The minimum absolute atomic E-state index is 0.221. The van der Waals surface area contributed by atoms with Gasteiger partial charge in [-0.2, -0.15) is 5.10 Å². The summed E-state index contributed by atoms with van der Waals surface area (Å²) in [6.07, 6.45) is 3.20. The molecule has 0 radical (unpaired) electrons. The SMILES string of the molecule is Cn1nc(N2CCC(CCN3CCN(C(=O)OCc4ccccc4)CC3)CC2)c2cc(C(N)=O)ccc21. The Morgan fingerprint density at radius 3 is 2.43 bits per heavy atom. The van der Waals surface area contributed by atoms with Crippen LogP contribution in [0.4, 0.5) is 10.6 Å². The molecule has 2 aromatic carbocycles. The van der Waals surface area contributed by atoms with Crippen LogP contribution in [0.2, 0.25) is 0 Å². The Morgan fingerprint density at radius 1 is 1.00 bits per heavy atom. The monoisotopic (exact) mass is 504 g/mol. The molecule has 0 aliphatic carbocycles. The number of nitrogens with zero attached hydrogens (tertiary/aromatic N) is 5. The van der Waals surface area contributed by atoms with Crippen LogP contribution < -0.4 is 10.6 Å². The van der Waals surface area contributed by atoms with E-state index in [0.29, 0.717) is 31.2 Å². The van der Waals surface area contributed by atoms with Crippen LogP contribution in [0.1, 0.15) is 35.2 Å². The van der Waals surface area contributed by atoms with Crippen molar-refractivity contribution in [1.29, 1.82) is 0 Å². The smallest absolute Gasteiger partial charge is 0.410 e. The first-order valence-corrected chi connectivity index (χ1v) is 13.2. The van der Waals surface area contributed by atoms with E-state index in [1.807, 2.05) is 59.1 Å². The molecule has 5 rings (SSSR count). The van der Waals surface area contributed by atoms with Gasteiger partial charge in [-0.25, -0.2) is 4.79 Å². The van der Waals surface area contributed by atoms with E-state index < -0.39 is 5.91 Å². The number of carbonyl (C=O) groups excluding carboxylic acids is 2. The predicted octanol–water partition coefficient (Wildman–Crippen LogP) is 3.23. The van der Waals surface area contributed by atoms with Crippen LogP contribution in [0.5, 0.6) is 0 Å². The van der Waals surface area contributed by atoms with Crippen LogP contribution in [0.15, 0.2) is 48.5 Å². The Morgan fingerprint density at radius 2 is 1.73 bits per heavy atom. The minimum Gasteiger partial charge on any atom is -0.445 e. The second-order valence-electron chi connectivity index (χ2n) is 10.1. The fraction of sp³-hybridized carbons (Fsp3) is 0.464. The van der Waals surface area contributed by atoms with Crippen LogP contribution >= 0.6 is 0 Å². The molecule has 2 N–H and O–H groups in total. The van der Waals surface area contributed by atoms with E-state index in [1.165, 1.54) is 6.42 Å². The molecule has 2 aliphatic heterocycles. The van der Waals surface area contributed by atoms with Gasteiger partial charge in [-0.3, -0.25) is 14.4 Å². The molecule has 2 fully saturated rings.